The predicted molar refractivity (Wildman–Crippen MR) is 86.0 cm³/mol. The zero-order chi connectivity index (χ0) is 15.3. The van der Waals surface area contributed by atoms with Gasteiger partial charge in [0.15, 0.2) is 8.32 Å². The van der Waals surface area contributed by atoms with E-state index in [4.69, 9.17) is 4.43 Å². The molecule has 0 spiro atoms. The van der Waals surface area contributed by atoms with Crippen molar-refractivity contribution in [1.29, 1.82) is 0 Å². The SMILES string of the molecule is CC(CCO[Si](C)(C)C(C)(C)C)CCC(C)(C)C=O. The first kappa shape index (κ1) is 18.8. The fourth-order valence-corrected chi connectivity index (χ4v) is 2.61. The number of hydrogen-bond acceptors (Lipinski definition) is 2. The van der Waals surface area contributed by atoms with Crippen LogP contribution in [0.2, 0.25) is 18.1 Å². The Hall–Kier alpha value is -0.153. The van der Waals surface area contributed by atoms with Crippen LogP contribution in [0.4, 0.5) is 0 Å². The molecule has 0 heterocycles. The quantitative estimate of drug-likeness (QED) is 0.461. The van der Waals surface area contributed by atoms with Gasteiger partial charge < -0.3 is 9.22 Å². The number of rotatable bonds is 8. The van der Waals surface area contributed by atoms with Gasteiger partial charge in [-0.3, -0.25) is 0 Å². The number of aldehydes is 1. The molecule has 0 aromatic rings. The average Bonchev–Trinajstić information content (AvgIpc) is 2.25. The van der Waals surface area contributed by atoms with Crippen molar-refractivity contribution >= 4 is 14.6 Å². The third-order valence-corrected chi connectivity index (χ3v) is 9.02. The fourth-order valence-electron chi connectivity index (χ4n) is 1.55. The summed E-state index contributed by atoms with van der Waals surface area (Å²) in [5.74, 6) is 0.629. The van der Waals surface area contributed by atoms with Gasteiger partial charge in [0.25, 0.3) is 0 Å². The van der Waals surface area contributed by atoms with Crippen molar-refractivity contribution in [3.05, 3.63) is 0 Å². The van der Waals surface area contributed by atoms with Crippen LogP contribution in [0.5, 0.6) is 0 Å². The lowest BCUT2D eigenvalue weighted by molar-refractivity contribution is -0.115. The summed E-state index contributed by atoms with van der Waals surface area (Å²) in [6, 6.07) is 0. The van der Waals surface area contributed by atoms with Crippen LogP contribution in [-0.4, -0.2) is 21.2 Å². The maximum absolute atomic E-state index is 10.9. The van der Waals surface area contributed by atoms with Crippen LogP contribution in [0.1, 0.15) is 60.8 Å². The molecular formula is C16H34O2Si. The Labute approximate surface area is 121 Å². The number of hydrogen-bond donors (Lipinski definition) is 0. The number of carbonyl (C=O) groups is 1. The van der Waals surface area contributed by atoms with Crippen LogP contribution in [0.3, 0.4) is 0 Å². The molecular weight excluding hydrogens is 252 g/mol. The van der Waals surface area contributed by atoms with Crippen LogP contribution in [0.15, 0.2) is 0 Å². The van der Waals surface area contributed by atoms with Gasteiger partial charge in [-0.25, -0.2) is 0 Å². The van der Waals surface area contributed by atoms with Crippen LogP contribution < -0.4 is 0 Å². The molecule has 0 radical (unpaired) electrons. The molecule has 0 aromatic heterocycles. The first-order valence-electron chi connectivity index (χ1n) is 7.51. The van der Waals surface area contributed by atoms with Gasteiger partial charge in [0.05, 0.1) is 0 Å². The Kier molecular flexibility index (Phi) is 6.97. The van der Waals surface area contributed by atoms with Crippen molar-refractivity contribution in [3.8, 4) is 0 Å². The third kappa shape index (κ3) is 7.26. The predicted octanol–water partition coefficient (Wildman–Crippen LogP) is 5.04. The lowest BCUT2D eigenvalue weighted by Gasteiger charge is -2.36. The van der Waals surface area contributed by atoms with Crippen molar-refractivity contribution in [2.75, 3.05) is 6.61 Å². The summed E-state index contributed by atoms with van der Waals surface area (Å²) in [6.45, 7) is 18.6. The molecule has 0 aromatic carbocycles. The van der Waals surface area contributed by atoms with Crippen LogP contribution >= 0.6 is 0 Å². The van der Waals surface area contributed by atoms with E-state index in [1.807, 2.05) is 13.8 Å². The molecule has 114 valence electrons. The van der Waals surface area contributed by atoms with Crippen molar-refractivity contribution in [2.45, 2.75) is 78.9 Å². The standard InChI is InChI=1S/C16H34O2Si/c1-14(9-11-16(5,6)13-17)10-12-18-19(7,8)15(2,3)4/h13-14H,9-12H2,1-8H3. The van der Waals surface area contributed by atoms with Crippen molar-refractivity contribution in [2.24, 2.45) is 11.3 Å². The largest absolute Gasteiger partial charge is 0.417 e. The summed E-state index contributed by atoms with van der Waals surface area (Å²) < 4.78 is 6.19. The molecule has 1 unspecified atom stereocenters. The third-order valence-electron chi connectivity index (χ3n) is 4.48. The molecule has 0 aliphatic rings. The summed E-state index contributed by atoms with van der Waals surface area (Å²) in [7, 11) is -1.59. The number of carbonyl (C=O) groups excluding carboxylic acids is 1. The molecule has 0 bridgehead atoms. The fraction of sp³-hybridized carbons (Fsp3) is 0.938. The van der Waals surface area contributed by atoms with Crippen molar-refractivity contribution < 1.29 is 9.22 Å². The minimum Gasteiger partial charge on any atom is -0.417 e. The Morgan fingerprint density at radius 1 is 1.11 bits per heavy atom. The van der Waals surface area contributed by atoms with Gasteiger partial charge in [-0.1, -0.05) is 41.5 Å². The molecule has 0 amide bonds. The highest BCUT2D eigenvalue weighted by molar-refractivity contribution is 6.74. The van der Waals surface area contributed by atoms with E-state index in [0.717, 1.165) is 32.2 Å². The Balaban J connectivity index is 3.99. The summed E-state index contributed by atoms with van der Waals surface area (Å²) in [5, 5.41) is 0.287. The minimum absolute atomic E-state index is 0.172. The molecule has 19 heavy (non-hydrogen) atoms. The monoisotopic (exact) mass is 286 g/mol. The van der Waals surface area contributed by atoms with Crippen molar-refractivity contribution in [3.63, 3.8) is 0 Å². The van der Waals surface area contributed by atoms with E-state index in [-0.39, 0.29) is 10.5 Å². The van der Waals surface area contributed by atoms with E-state index in [9.17, 15) is 4.79 Å². The second-order valence-corrected chi connectivity index (χ2v) is 13.0. The molecule has 0 aliphatic carbocycles. The molecule has 0 aliphatic heterocycles. The van der Waals surface area contributed by atoms with Gasteiger partial charge in [0.1, 0.15) is 6.29 Å². The summed E-state index contributed by atoms with van der Waals surface area (Å²) in [4.78, 5) is 10.9. The van der Waals surface area contributed by atoms with E-state index < -0.39 is 8.32 Å². The van der Waals surface area contributed by atoms with Crippen LogP contribution in [0.25, 0.3) is 0 Å². The second-order valence-electron chi connectivity index (χ2n) is 8.15. The Morgan fingerprint density at radius 3 is 2.05 bits per heavy atom. The first-order valence-corrected chi connectivity index (χ1v) is 10.4. The van der Waals surface area contributed by atoms with E-state index >= 15 is 0 Å². The highest BCUT2D eigenvalue weighted by atomic mass is 28.4. The summed E-state index contributed by atoms with van der Waals surface area (Å²) >= 11 is 0. The van der Waals surface area contributed by atoms with Gasteiger partial charge in [0.2, 0.25) is 0 Å². The molecule has 0 rings (SSSR count). The maximum Gasteiger partial charge on any atom is 0.191 e. The molecule has 0 N–H and O–H groups in total. The molecule has 0 saturated heterocycles. The zero-order valence-corrected chi connectivity index (χ0v) is 15.3. The molecule has 0 saturated carbocycles. The smallest absolute Gasteiger partial charge is 0.191 e. The van der Waals surface area contributed by atoms with Crippen LogP contribution in [-0.2, 0) is 9.22 Å². The summed E-state index contributed by atoms with van der Waals surface area (Å²) in [6.07, 6.45) is 4.25. The van der Waals surface area contributed by atoms with Crippen molar-refractivity contribution in [1.82, 2.24) is 0 Å². The minimum atomic E-state index is -1.59. The molecule has 1 atom stereocenters. The summed E-state index contributed by atoms with van der Waals surface area (Å²) in [5.41, 5.74) is -0.172. The molecule has 3 heteroatoms. The Bertz CT molecular complexity index is 277. The normalized spacial score (nSPS) is 15.4. The van der Waals surface area contributed by atoms with E-state index in [0.29, 0.717) is 5.92 Å². The lowest BCUT2D eigenvalue weighted by atomic mass is 9.86. The van der Waals surface area contributed by atoms with E-state index in [2.05, 4.69) is 40.8 Å². The van der Waals surface area contributed by atoms with Crippen LogP contribution in [0, 0.1) is 11.3 Å². The highest BCUT2D eigenvalue weighted by Crippen LogP contribution is 2.36. The maximum atomic E-state index is 10.9. The lowest BCUT2D eigenvalue weighted by Crippen LogP contribution is -2.41. The van der Waals surface area contributed by atoms with Gasteiger partial charge in [-0.2, -0.15) is 0 Å². The van der Waals surface area contributed by atoms with E-state index in [1.165, 1.54) is 0 Å². The van der Waals surface area contributed by atoms with Gasteiger partial charge >= 0.3 is 0 Å². The molecule has 2 nitrogen and oxygen atoms in total. The van der Waals surface area contributed by atoms with Gasteiger partial charge in [-0.15, -0.1) is 0 Å². The Morgan fingerprint density at radius 2 is 1.63 bits per heavy atom. The topological polar surface area (TPSA) is 26.3 Å². The first-order chi connectivity index (χ1) is 8.41. The second kappa shape index (κ2) is 7.03. The van der Waals surface area contributed by atoms with E-state index in [1.54, 1.807) is 0 Å². The average molecular weight is 287 g/mol. The zero-order valence-electron chi connectivity index (χ0n) is 14.3. The molecule has 0 fully saturated rings. The highest BCUT2D eigenvalue weighted by Gasteiger charge is 2.36. The van der Waals surface area contributed by atoms with Gasteiger partial charge in [0, 0.05) is 12.0 Å². The van der Waals surface area contributed by atoms with Gasteiger partial charge in [-0.05, 0) is 43.3 Å².